The van der Waals surface area contributed by atoms with Crippen molar-refractivity contribution in [3.8, 4) is 0 Å². The summed E-state index contributed by atoms with van der Waals surface area (Å²) in [6.07, 6.45) is 20.8. The number of hydrogen-bond acceptors (Lipinski definition) is 7. The summed E-state index contributed by atoms with van der Waals surface area (Å²) in [5, 5.41) is 0. The Labute approximate surface area is 319 Å². The number of likely N-dealkylation sites (N-methyl/N-ethyl adjacent to an activating group) is 1. The van der Waals surface area contributed by atoms with Gasteiger partial charge in [0.15, 0.2) is 12.4 Å². The first-order valence-electron chi connectivity index (χ1n) is 17.8. The van der Waals surface area contributed by atoms with Gasteiger partial charge in [0.2, 0.25) is 11.8 Å². The van der Waals surface area contributed by atoms with E-state index in [9.17, 15) is 9.59 Å². The topological polar surface area (TPSA) is 54.2 Å². The van der Waals surface area contributed by atoms with E-state index >= 15 is 0 Å². The van der Waals surface area contributed by atoms with Crippen LogP contribution in [-0.2, 0) is 16.6 Å². The number of allylic oxidation sites excluding steroid dienone is 3. The smallest absolute Gasteiger partial charge is 0.233 e. The number of nitrogens with zero attached hydrogens (tertiary/aromatic N) is 6. The van der Waals surface area contributed by atoms with Gasteiger partial charge in [-0.25, -0.2) is 4.57 Å². The van der Waals surface area contributed by atoms with E-state index in [0.717, 1.165) is 49.4 Å². The molecule has 52 heavy (non-hydrogen) atoms. The Morgan fingerprint density at radius 3 is 1.56 bits per heavy atom. The second-order valence-corrected chi connectivity index (χ2v) is 15.8. The molecule has 2 aromatic carbocycles. The minimum atomic E-state index is 0.0863. The molecule has 8 nitrogen and oxygen atoms in total. The summed E-state index contributed by atoms with van der Waals surface area (Å²) in [7, 11) is 14.9. The van der Waals surface area contributed by atoms with Crippen LogP contribution in [0, 0.1) is 0 Å². The molecule has 0 bridgehead atoms. The third-order valence-electron chi connectivity index (χ3n) is 9.02. The van der Waals surface area contributed by atoms with Crippen LogP contribution in [0.4, 0.5) is 11.4 Å². The molecule has 3 aromatic rings. The third kappa shape index (κ3) is 14.0. The molecule has 276 valence electrons. The molecule has 1 aliphatic rings. The quantitative estimate of drug-likeness (QED) is 0.0769. The van der Waals surface area contributed by atoms with E-state index in [2.05, 4.69) is 139 Å². The highest BCUT2D eigenvalue weighted by Crippen LogP contribution is 2.22. The average molecular weight is 740 g/mol. The van der Waals surface area contributed by atoms with Crippen LogP contribution in [0.3, 0.4) is 0 Å². The monoisotopic (exact) mass is 739 g/mol. The molecule has 1 aromatic heterocycles. The van der Waals surface area contributed by atoms with E-state index in [1.54, 1.807) is 9.80 Å². The molecule has 0 radical (unpaired) electrons. The van der Waals surface area contributed by atoms with E-state index in [1.807, 2.05) is 38.1 Å². The van der Waals surface area contributed by atoms with Crippen LogP contribution < -0.4 is 14.4 Å². The van der Waals surface area contributed by atoms with Crippen molar-refractivity contribution in [3.63, 3.8) is 0 Å². The van der Waals surface area contributed by atoms with Crippen molar-refractivity contribution in [2.45, 2.75) is 12.8 Å². The first-order chi connectivity index (χ1) is 25.1. The van der Waals surface area contributed by atoms with E-state index in [-0.39, 0.29) is 11.8 Å². The first-order valence-corrected chi connectivity index (χ1v) is 20.3. The second-order valence-electron chi connectivity index (χ2n) is 13.3. The summed E-state index contributed by atoms with van der Waals surface area (Å²) in [5.74, 6) is 0.889. The highest BCUT2D eigenvalue weighted by molar-refractivity contribution is 8.77. The SMILES string of the molecule is CN1C=CC(/C=C/c2ccc(N(C)CCCN(C)C(=O)CSSCC(=O)N(C)CCCN(C)c3ccc(/C=C/c4cc[n+](C)cc4)cc3)cc2)=CC1. The Kier molecular flexibility index (Phi) is 16.5. The molecule has 0 fully saturated rings. The molecule has 4 rings (SSSR count). The van der Waals surface area contributed by atoms with Crippen molar-refractivity contribution in [2.75, 3.05) is 89.3 Å². The summed E-state index contributed by atoms with van der Waals surface area (Å²) >= 11 is 0. The highest BCUT2D eigenvalue weighted by Gasteiger charge is 2.13. The molecule has 0 saturated heterocycles. The maximum absolute atomic E-state index is 12.7. The lowest BCUT2D eigenvalue weighted by molar-refractivity contribution is -0.671. The zero-order valence-electron chi connectivity index (χ0n) is 31.6. The molecule has 0 unspecified atom stereocenters. The van der Waals surface area contributed by atoms with Crippen LogP contribution in [0.2, 0.25) is 0 Å². The van der Waals surface area contributed by atoms with Crippen molar-refractivity contribution >= 4 is 63.0 Å². The molecular formula is C42H55N6O2S2+. The number of aryl methyl sites for hydroxylation is 1. The number of rotatable bonds is 19. The largest absolute Gasteiger partial charge is 0.377 e. The van der Waals surface area contributed by atoms with Crippen molar-refractivity contribution < 1.29 is 14.2 Å². The number of benzene rings is 2. The van der Waals surface area contributed by atoms with Gasteiger partial charge in [-0.1, -0.05) is 76.2 Å². The lowest BCUT2D eigenvalue weighted by atomic mass is 10.1. The van der Waals surface area contributed by atoms with E-state index in [4.69, 9.17) is 0 Å². The van der Waals surface area contributed by atoms with Crippen molar-refractivity contribution in [2.24, 2.45) is 7.05 Å². The number of hydrogen-bond donors (Lipinski definition) is 0. The minimum Gasteiger partial charge on any atom is -0.377 e. The van der Waals surface area contributed by atoms with Gasteiger partial charge < -0.3 is 24.5 Å². The summed E-state index contributed by atoms with van der Waals surface area (Å²) < 4.78 is 2.02. The lowest BCUT2D eigenvalue weighted by Gasteiger charge is -2.22. The molecule has 0 spiro atoms. The standard InChI is InChI=1S/C42H55N6O2S2/c1-43-29-21-37(22-30-43)11-9-35-13-17-39(18-14-35)45(3)25-7-27-47(5)41(49)33-51-52-34-42(50)48(6)28-8-26-46(4)40-19-15-36(16-20-40)10-12-38-23-31-44(2)32-24-38/h9-24,29-31H,7-8,25-28,32-34H2,1-6H3/q+1/b12-10+. The van der Waals surface area contributed by atoms with Crippen LogP contribution in [0.15, 0.2) is 103 Å². The van der Waals surface area contributed by atoms with E-state index in [1.165, 1.54) is 38.3 Å². The summed E-state index contributed by atoms with van der Waals surface area (Å²) in [6, 6.07) is 21.3. The van der Waals surface area contributed by atoms with Gasteiger partial charge in [-0.2, -0.15) is 0 Å². The molecule has 2 heterocycles. The maximum atomic E-state index is 12.7. The average Bonchev–Trinajstić information content (AvgIpc) is 3.16. The predicted molar refractivity (Wildman–Crippen MR) is 224 cm³/mol. The van der Waals surface area contributed by atoms with Gasteiger partial charge >= 0.3 is 0 Å². The van der Waals surface area contributed by atoms with Gasteiger partial charge in [-0.05, 0) is 71.6 Å². The number of carbonyl (C=O) groups excluding carboxylic acids is 2. The highest BCUT2D eigenvalue weighted by atomic mass is 33.1. The maximum Gasteiger partial charge on any atom is 0.233 e. The minimum absolute atomic E-state index is 0.0863. The normalized spacial score (nSPS) is 12.7. The van der Waals surface area contributed by atoms with Crippen molar-refractivity contribution in [1.82, 2.24) is 14.7 Å². The molecule has 2 amide bonds. The number of amides is 2. The summed E-state index contributed by atoms with van der Waals surface area (Å²) in [5.41, 5.74) is 7.03. The van der Waals surface area contributed by atoms with Crippen LogP contribution in [0.1, 0.15) is 29.5 Å². The Balaban J connectivity index is 1.04. The summed E-state index contributed by atoms with van der Waals surface area (Å²) in [6.45, 7) is 4.02. The molecule has 0 atom stereocenters. The number of pyridine rings is 1. The van der Waals surface area contributed by atoms with Crippen molar-refractivity contribution in [3.05, 3.63) is 120 Å². The van der Waals surface area contributed by atoms with Crippen LogP contribution in [0.25, 0.3) is 18.2 Å². The van der Waals surface area contributed by atoms with E-state index in [0.29, 0.717) is 24.6 Å². The first kappa shape index (κ1) is 40.4. The zero-order valence-corrected chi connectivity index (χ0v) is 33.3. The number of aromatic nitrogens is 1. The Bertz CT molecular complexity index is 1690. The zero-order chi connectivity index (χ0) is 37.3. The second kappa shape index (κ2) is 21.2. The fraction of sp³-hybridized carbons (Fsp3) is 0.357. The van der Waals surface area contributed by atoms with Crippen LogP contribution in [0.5, 0.6) is 0 Å². The molecule has 0 N–H and O–H groups in total. The van der Waals surface area contributed by atoms with Gasteiger partial charge in [0.25, 0.3) is 0 Å². The third-order valence-corrected chi connectivity index (χ3v) is 11.1. The molecular weight excluding hydrogens is 685 g/mol. The fourth-order valence-corrected chi connectivity index (χ4v) is 7.32. The van der Waals surface area contributed by atoms with Crippen molar-refractivity contribution in [1.29, 1.82) is 0 Å². The van der Waals surface area contributed by atoms with E-state index < -0.39 is 0 Å². The van der Waals surface area contributed by atoms with Gasteiger partial charge in [0.1, 0.15) is 7.05 Å². The van der Waals surface area contributed by atoms with Gasteiger partial charge in [0, 0.05) is 91.5 Å². The molecule has 10 heteroatoms. The van der Waals surface area contributed by atoms with Crippen LogP contribution in [-0.4, -0.2) is 106 Å². The van der Waals surface area contributed by atoms with Gasteiger partial charge in [-0.15, -0.1) is 0 Å². The molecule has 0 saturated carbocycles. The Morgan fingerprint density at radius 2 is 1.12 bits per heavy atom. The number of carbonyl (C=O) groups is 2. The van der Waals surface area contributed by atoms with Gasteiger partial charge in [0.05, 0.1) is 11.5 Å². The summed E-state index contributed by atoms with van der Waals surface area (Å²) in [4.78, 5) is 35.6. The Morgan fingerprint density at radius 1 is 0.673 bits per heavy atom. The fourth-order valence-electron chi connectivity index (χ4n) is 5.41. The predicted octanol–water partition coefficient (Wildman–Crippen LogP) is 6.73. The Hall–Kier alpha value is -4.41. The lowest BCUT2D eigenvalue weighted by Crippen LogP contribution is -2.32. The van der Waals surface area contributed by atoms with Gasteiger partial charge in [-0.3, -0.25) is 9.59 Å². The number of anilines is 2. The molecule has 0 aliphatic carbocycles. The van der Waals surface area contributed by atoms with Crippen LogP contribution >= 0.6 is 21.6 Å². The molecule has 1 aliphatic heterocycles.